The lowest BCUT2D eigenvalue weighted by Crippen LogP contribution is -2.35. The van der Waals surface area contributed by atoms with Gasteiger partial charge in [0, 0.05) is 26.7 Å². The number of ether oxygens (including phenoxy) is 2. The molecule has 0 saturated heterocycles. The van der Waals surface area contributed by atoms with Crippen LogP contribution >= 0.6 is 0 Å². The second kappa shape index (κ2) is 9.18. The van der Waals surface area contributed by atoms with Gasteiger partial charge in [-0.25, -0.2) is 4.79 Å². The summed E-state index contributed by atoms with van der Waals surface area (Å²) in [5.74, 6) is 0.635. The van der Waals surface area contributed by atoms with E-state index in [0.29, 0.717) is 31.1 Å². The summed E-state index contributed by atoms with van der Waals surface area (Å²) in [6.07, 6.45) is 0. The Kier molecular flexibility index (Phi) is 7.38. The molecule has 19 heavy (non-hydrogen) atoms. The summed E-state index contributed by atoms with van der Waals surface area (Å²) in [5.41, 5.74) is 0.648. The van der Waals surface area contributed by atoms with Crippen LogP contribution in [0.5, 0.6) is 5.75 Å². The van der Waals surface area contributed by atoms with Gasteiger partial charge in [0.2, 0.25) is 0 Å². The third kappa shape index (κ3) is 6.08. The fourth-order valence-corrected chi connectivity index (χ4v) is 1.48. The molecule has 106 valence electrons. The normalized spacial score (nSPS) is 10.0. The molecule has 0 fully saturated rings. The lowest BCUT2D eigenvalue weighted by Gasteiger charge is -2.11. The van der Waals surface area contributed by atoms with Crippen molar-refractivity contribution in [3.63, 3.8) is 0 Å². The van der Waals surface area contributed by atoms with Crippen LogP contribution in [0, 0.1) is 0 Å². The van der Waals surface area contributed by atoms with Crippen LogP contribution in [0.25, 0.3) is 0 Å². The summed E-state index contributed by atoms with van der Waals surface area (Å²) in [4.78, 5) is 11.6. The highest BCUT2D eigenvalue weighted by molar-refractivity contribution is 5.90. The van der Waals surface area contributed by atoms with E-state index in [0.717, 1.165) is 6.54 Å². The van der Waals surface area contributed by atoms with Crippen LogP contribution in [0.3, 0.4) is 0 Å². The molecule has 0 aliphatic carbocycles. The molecule has 0 bridgehead atoms. The highest BCUT2D eigenvalue weighted by atomic mass is 16.5. The Labute approximate surface area is 113 Å². The van der Waals surface area contributed by atoms with E-state index in [2.05, 4.69) is 16.0 Å². The van der Waals surface area contributed by atoms with Gasteiger partial charge in [0.1, 0.15) is 5.75 Å². The number of amides is 2. The second-order valence-corrected chi connectivity index (χ2v) is 3.82. The Hall–Kier alpha value is -1.79. The molecule has 0 heterocycles. The van der Waals surface area contributed by atoms with Gasteiger partial charge in [-0.05, 0) is 12.1 Å². The molecule has 1 aromatic rings. The van der Waals surface area contributed by atoms with Gasteiger partial charge in [0.15, 0.2) is 0 Å². The number of methoxy groups -OCH3 is 2. The number of anilines is 1. The third-order valence-electron chi connectivity index (χ3n) is 2.43. The molecule has 1 aromatic carbocycles. The average Bonchev–Trinajstić information content (AvgIpc) is 2.43. The van der Waals surface area contributed by atoms with Crippen LogP contribution in [0.15, 0.2) is 24.3 Å². The van der Waals surface area contributed by atoms with Crippen LogP contribution in [-0.2, 0) is 4.74 Å². The number of carbonyl (C=O) groups excluding carboxylic acids is 1. The molecule has 0 aliphatic rings. The second-order valence-electron chi connectivity index (χ2n) is 3.82. The van der Waals surface area contributed by atoms with Crippen molar-refractivity contribution in [2.45, 2.75) is 0 Å². The minimum absolute atomic E-state index is 0.252. The Morgan fingerprint density at radius 2 is 1.95 bits per heavy atom. The van der Waals surface area contributed by atoms with E-state index in [1.807, 2.05) is 12.1 Å². The van der Waals surface area contributed by atoms with Gasteiger partial charge in [-0.2, -0.15) is 0 Å². The summed E-state index contributed by atoms with van der Waals surface area (Å²) < 4.78 is 10.0. The van der Waals surface area contributed by atoms with Gasteiger partial charge < -0.3 is 25.4 Å². The molecule has 2 amide bonds. The van der Waals surface area contributed by atoms with Crippen LogP contribution in [0.2, 0.25) is 0 Å². The fourth-order valence-electron chi connectivity index (χ4n) is 1.48. The highest BCUT2D eigenvalue weighted by Crippen LogP contribution is 2.22. The van der Waals surface area contributed by atoms with Crippen LogP contribution in [-0.4, -0.2) is 46.5 Å². The Balaban J connectivity index is 2.23. The summed E-state index contributed by atoms with van der Waals surface area (Å²) >= 11 is 0. The largest absolute Gasteiger partial charge is 0.495 e. The number of urea groups is 1. The molecule has 0 spiro atoms. The first-order valence-electron chi connectivity index (χ1n) is 6.15. The van der Waals surface area contributed by atoms with Crippen molar-refractivity contribution in [2.24, 2.45) is 0 Å². The van der Waals surface area contributed by atoms with Crippen molar-refractivity contribution >= 4 is 11.7 Å². The molecule has 0 aliphatic heterocycles. The van der Waals surface area contributed by atoms with Crippen molar-refractivity contribution in [3.8, 4) is 5.75 Å². The van der Waals surface area contributed by atoms with E-state index >= 15 is 0 Å². The van der Waals surface area contributed by atoms with Gasteiger partial charge in [-0.1, -0.05) is 12.1 Å². The average molecular weight is 267 g/mol. The molecular formula is C13H21N3O3. The smallest absolute Gasteiger partial charge is 0.319 e. The topological polar surface area (TPSA) is 71.6 Å². The number of hydrogen-bond donors (Lipinski definition) is 3. The van der Waals surface area contributed by atoms with Crippen molar-refractivity contribution in [1.82, 2.24) is 10.6 Å². The number of hydrogen-bond acceptors (Lipinski definition) is 4. The Morgan fingerprint density at radius 3 is 2.68 bits per heavy atom. The zero-order valence-electron chi connectivity index (χ0n) is 11.4. The predicted octanol–water partition coefficient (Wildman–Crippen LogP) is 1.05. The first-order valence-corrected chi connectivity index (χ1v) is 6.15. The number of carbonyl (C=O) groups is 1. The Morgan fingerprint density at radius 1 is 1.16 bits per heavy atom. The van der Waals surface area contributed by atoms with E-state index in [-0.39, 0.29) is 6.03 Å². The van der Waals surface area contributed by atoms with Crippen molar-refractivity contribution in [3.05, 3.63) is 24.3 Å². The van der Waals surface area contributed by atoms with Gasteiger partial charge in [0.25, 0.3) is 0 Å². The lowest BCUT2D eigenvalue weighted by molar-refractivity contribution is 0.199. The molecule has 0 radical (unpaired) electrons. The van der Waals surface area contributed by atoms with Crippen LogP contribution in [0.1, 0.15) is 0 Å². The molecule has 6 nitrogen and oxygen atoms in total. The van der Waals surface area contributed by atoms with Gasteiger partial charge in [0.05, 0.1) is 19.4 Å². The van der Waals surface area contributed by atoms with E-state index in [1.54, 1.807) is 26.4 Å². The summed E-state index contributed by atoms with van der Waals surface area (Å²) in [6, 6.07) is 7.02. The summed E-state index contributed by atoms with van der Waals surface area (Å²) in [7, 11) is 3.22. The lowest BCUT2D eigenvalue weighted by atomic mass is 10.3. The van der Waals surface area contributed by atoms with E-state index < -0.39 is 0 Å². The maximum atomic E-state index is 11.6. The molecule has 0 unspecified atom stereocenters. The predicted molar refractivity (Wildman–Crippen MR) is 74.8 cm³/mol. The number of benzene rings is 1. The molecular weight excluding hydrogens is 246 g/mol. The summed E-state index contributed by atoms with van der Waals surface area (Å²) in [5, 5.41) is 8.62. The molecule has 3 N–H and O–H groups in total. The van der Waals surface area contributed by atoms with Gasteiger partial charge >= 0.3 is 6.03 Å². The SMILES string of the molecule is COCCNCCNC(=O)Nc1ccccc1OC. The first-order chi connectivity index (χ1) is 9.27. The van der Waals surface area contributed by atoms with Crippen LogP contribution < -0.4 is 20.7 Å². The zero-order valence-corrected chi connectivity index (χ0v) is 11.4. The molecule has 0 atom stereocenters. The monoisotopic (exact) mass is 267 g/mol. The van der Waals surface area contributed by atoms with Gasteiger partial charge in [-0.15, -0.1) is 0 Å². The standard InChI is InChI=1S/C13H21N3O3/c1-18-10-9-14-7-8-15-13(17)16-11-5-3-4-6-12(11)19-2/h3-6,14H,7-10H2,1-2H3,(H2,15,16,17). The first kappa shape index (κ1) is 15.3. The van der Waals surface area contributed by atoms with Gasteiger partial charge in [-0.3, -0.25) is 0 Å². The van der Waals surface area contributed by atoms with E-state index in [4.69, 9.17) is 9.47 Å². The molecule has 6 heteroatoms. The summed E-state index contributed by atoms with van der Waals surface area (Å²) in [6.45, 7) is 2.67. The minimum atomic E-state index is -0.252. The van der Waals surface area contributed by atoms with Crippen molar-refractivity contribution in [1.29, 1.82) is 0 Å². The molecule has 0 saturated carbocycles. The zero-order chi connectivity index (χ0) is 13.9. The number of para-hydroxylation sites is 2. The van der Waals surface area contributed by atoms with E-state index in [1.165, 1.54) is 0 Å². The maximum Gasteiger partial charge on any atom is 0.319 e. The van der Waals surface area contributed by atoms with E-state index in [9.17, 15) is 4.79 Å². The quantitative estimate of drug-likeness (QED) is 0.616. The number of nitrogens with one attached hydrogen (secondary N) is 3. The maximum absolute atomic E-state index is 11.6. The minimum Gasteiger partial charge on any atom is -0.495 e. The number of rotatable bonds is 8. The Bertz CT molecular complexity index is 385. The fraction of sp³-hybridized carbons (Fsp3) is 0.462. The molecule has 1 rings (SSSR count). The van der Waals surface area contributed by atoms with Crippen LogP contribution in [0.4, 0.5) is 10.5 Å². The van der Waals surface area contributed by atoms with Crippen molar-refractivity contribution in [2.75, 3.05) is 45.8 Å². The van der Waals surface area contributed by atoms with Crippen molar-refractivity contribution < 1.29 is 14.3 Å². The molecule has 0 aromatic heterocycles. The highest BCUT2D eigenvalue weighted by Gasteiger charge is 2.05. The third-order valence-corrected chi connectivity index (χ3v) is 2.43.